The highest BCUT2D eigenvalue weighted by molar-refractivity contribution is 5.88. The van der Waals surface area contributed by atoms with Gasteiger partial charge in [-0.25, -0.2) is 4.79 Å². The highest BCUT2D eigenvalue weighted by Gasteiger charge is 2.52. The Balaban J connectivity index is 1.37. The number of aliphatic hydroxyl groups is 6. The van der Waals surface area contributed by atoms with Crippen LogP contribution in [0.15, 0.2) is 63.8 Å². The number of ether oxygens (including phenoxy) is 5. The smallest absolute Gasteiger partial charge is 0.330 e. The summed E-state index contributed by atoms with van der Waals surface area (Å²) in [5.74, 6) is -5.71. The molecule has 0 saturated carbocycles. The van der Waals surface area contributed by atoms with Crippen molar-refractivity contribution in [3.05, 3.63) is 70.4 Å². The molecule has 2 saturated heterocycles. The lowest BCUT2D eigenvalue weighted by Gasteiger charge is -2.45. The summed E-state index contributed by atoms with van der Waals surface area (Å²) in [5, 5.41) is 123. The van der Waals surface area contributed by atoms with Crippen molar-refractivity contribution in [3.63, 3.8) is 0 Å². The minimum atomic E-state index is -2.11. The Hall–Kier alpha value is -5.68. The Morgan fingerprint density at radius 1 is 0.714 bits per heavy atom. The van der Waals surface area contributed by atoms with Crippen LogP contribution >= 0.6 is 0 Å². The van der Waals surface area contributed by atoms with Crippen LogP contribution in [0, 0.1) is 0 Å². The second kappa shape index (κ2) is 16.2. The number of carbonyl (C=O) groups excluding carboxylic acids is 1. The van der Waals surface area contributed by atoms with Gasteiger partial charge in [0.05, 0.1) is 6.61 Å². The minimum Gasteiger partial charge on any atom is -0.508 e. The van der Waals surface area contributed by atoms with Crippen molar-refractivity contribution in [2.45, 2.75) is 61.4 Å². The predicted octanol–water partition coefficient (Wildman–Crippen LogP) is -1.04. The predicted molar refractivity (Wildman–Crippen MR) is 184 cm³/mol. The molecule has 2 aliphatic heterocycles. The number of esters is 1. The van der Waals surface area contributed by atoms with Crippen LogP contribution in [0.5, 0.6) is 40.2 Å². The summed E-state index contributed by atoms with van der Waals surface area (Å²) in [5.41, 5.74) is -1.34. The van der Waals surface area contributed by atoms with Crippen molar-refractivity contribution in [1.82, 2.24) is 0 Å². The van der Waals surface area contributed by atoms with Gasteiger partial charge in [-0.2, -0.15) is 0 Å². The van der Waals surface area contributed by atoms with Crippen LogP contribution in [0.25, 0.3) is 28.4 Å². The van der Waals surface area contributed by atoms with Crippen molar-refractivity contribution in [2.24, 2.45) is 0 Å². The van der Waals surface area contributed by atoms with Gasteiger partial charge in [0.25, 0.3) is 0 Å². The molecule has 0 unspecified atom stereocenters. The van der Waals surface area contributed by atoms with Crippen molar-refractivity contribution in [2.75, 3.05) is 13.2 Å². The van der Waals surface area contributed by atoms with Gasteiger partial charge in [0.1, 0.15) is 71.8 Å². The van der Waals surface area contributed by atoms with E-state index in [4.69, 9.17) is 28.1 Å². The average Bonchev–Trinajstić information content (AvgIpc) is 3.16. The van der Waals surface area contributed by atoms with Crippen molar-refractivity contribution >= 4 is 23.0 Å². The molecule has 12 N–H and O–H groups in total. The van der Waals surface area contributed by atoms with E-state index in [1.807, 2.05) is 0 Å². The molecule has 20 nitrogen and oxygen atoms in total. The second-order valence-electron chi connectivity index (χ2n) is 12.8. The van der Waals surface area contributed by atoms with Crippen LogP contribution < -0.4 is 10.2 Å². The van der Waals surface area contributed by atoms with Crippen LogP contribution in [-0.4, -0.2) is 142 Å². The number of fused-ring (bicyclic) bond motifs is 1. The van der Waals surface area contributed by atoms with Crippen molar-refractivity contribution in [3.8, 4) is 51.6 Å². The topological polar surface area (TPSA) is 336 Å². The van der Waals surface area contributed by atoms with E-state index in [9.17, 15) is 70.9 Å². The normalized spacial score (nSPS) is 28.0. The Morgan fingerprint density at radius 3 is 2.05 bits per heavy atom. The van der Waals surface area contributed by atoms with Crippen LogP contribution in [0.4, 0.5) is 0 Å². The number of phenols is 6. The van der Waals surface area contributed by atoms with Gasteiger partial charge in [-0.3, -0.25) is 4.79 Å². The number of phenolic OH excluding ortho intramolecular Hbond substituents is 6. The lowest BCUT2D eigenvalue weighted by molar-refractivity contribution is -0.358. The Labute approximate surface area is 313 Å². The summed E-state index contributed by atoms with van der Waals surface area (Å²) in [6, 6.07) is 8.69. The number of rotatable bonds is 10. The van der Waals surface area contributed by atoms with Gasteiger partial charge in [0.15, 0.2) is 41.2 Å². The maximum Gasteiger partial charge on any atom is 0.330 e. The number of hydrogen-bond acceptors (Lipinski definition) is 20. The van der Waals surface area contributed by atoms with Crippen LogP contribution in [0.3, 0.4) is 0 Å². The quantitative estimate of drug-likeness (QED) is 0.0519. The summed E-state index contributed by atoms with van der Waals surface area (Å²) in [4.78, 5) is 26.7. The van der Waals surface area contributed by atoms with E-state index < -0.39 is 137 Å². The summed E-state index contributed by atoms with van der Waals surface area (Å²) < 4.78 is 34.0. The fourth-order valence-electron chi connectivity index (χ4n) is 5.98. The number of aromatic hydroxyl groups is 6. The molecule has 20 heteroatoms. The van der Waals surface area contributed by atoms with Gasteiger partial charge in [-0.05, 0) is 42.0 Å². The summed E-state index contributed by atoms with van der Waals surface area (Å²) in [6.07, 6.45) is -16.9. The van der Waals surface area contributed by atoms with Gasteiger partial charge in [-0.15, -0.1) is 0 Å². The van der Waals surface area contributed by atoms with E-state index in [0.29, 0.717) is 0 Å². The number of benzene rings is 3. The maximum atomic E-state index is 14.1. The SMILES string of the molecule is O=C(/C=C/c1ccc(O)c(O)c1)OC[C@H]1O[C@@H](Oc2c(-c3ccc(O)c(O)c3)oc3cc(O)cc(O)c3c2=O)[C@H](O[C@@H]2O[C@@H](CO)[C@@H](O)[C@H](O)[C@H]2O)[C@@H](O)[C@@H]1O. The second-order valence-corrected chi connectivity index (χ2v) is 12.8. The molecule has 0 aliphatic carbocycles. The van der Waals surface area contributed by atoms with Crippen LogP contribution in [0.2, 0.25) is 0 Å². The Bertz CT molecular complexity index is 2160. The van der Waals surface area contributed by atoms with Gasteiger partial charge < -0.3 is 89.4 Å². The van der Waals surface area contributed by atoms with E-state index in [-0.39, 0.29) is 16.7 Å². The zero-order valence-electron chi connectivity index (χ0n) is 28.6. The largest absolute Gasteiger partial charge is 0.508 e. The fourth-order valence-corrected chi connectivity index (χ4v) is 5.98. The lowest BCUT2D eigenvalue weighted by Crippen LogP contribution is -2.65. The van der Waals surface area contributed by atoms with E-state index in [1.165, 1.54) is 24.3 Å². The molecule has 0 radical (unpaired) electrons. The van der Waals surface area contributed by atoms with E-state index in [0.717, 1.165) is 36.4 Å². The highest BCUT2D eigenvalue weighted by atomic mass is 16.8. The first-order valence-electron chi connectivity index (χ1n) is 16.6. The molecule has 300 valence electrons. The number of carbonyl (C=O) groups is 1. The van der Waals surface area contributed by atoms with E-state index >= 15 is 0 Å². The lowest BCUT2D eigenvalue weighted by atomic mass is 9.97. The fraction of sp³-hybridized carbons (Fsp3) is 0.333. The molecule has 4 aromatic rings. The summed E-state index contributed by atoms with van der Waals surface area (Å²) in [7, 11) is 0. The Morgan fingerprint density at radius 2 is 1.38 bits per heavy atom. The monoisotopic (exact) mass is 788 g/mol. The average molecular weight is 789 g/mol. The molecule has 56 heavy (non-hydrogen) atoms. The molecule has 6 rings (SSSR count). The third-order valence-electron chi connectivity index (χ3n) is 8.97. The maximum absolute atomic E-state index is 14.1. The van der Waals surface area contributed by atoms with E-state index in [1.54, 1.807) is 0 Å². The molecule has 3 heterocycles. The highest BCUT2D eigenvalue weighted by Crippen LogP contribution is 2.40. The van der Waals surface area contributed by atoms with Gasteiger partial charge in [0, 0.05) is 23.8 Å². The molecule has 0 spiro atoms. The third kappa shape index (κ3) is 8.00. The van der Waals surface area contributed by atoms with Crippen LogP contribution in [-0.2, 0) is 23.7 Å². The molecule has 2 aliphatic rings. The zero-order valence-corrected chi connectivity index (χ0v) is 28.6. The molecule has 1 aromatic heterocycles. The first-order chi connectivity index (χ1) is 26.6. The van der Waals surface area contributed by atoms with Crippen molar-refractivity contribution in [1.29, 1.82) is 0 Å². The molecule has 2 fully saturated rings. The molecule has 0 amide bonds. The number of hydrogen-bond donors (Lipinski definition) is 12. The molecule has 10 atom stereocenters. The van der Waals surface area contributed by atoms with Gasteiger partial charge in [0.2, 0.25) is 17.5 Å². The summed E-state index contributed by atoms with van der Waals surface area (Å²) in [6.45, 7) is -1.66. The molecular formula is C36H36O20. The van der Waals surface area contributed by atoms with Crippen LogP contribution in [0.1, 0.15) is 5.56 Å². The van der Waals surface area contributed by atoms with Gasteiger partial charge >= 0.3 is 5.97 Å². The first kappa shape index (κ1) is 40.0. The first-order valence-corrected chi connectivity index (χ1v) is 16.6. The summed E-state index contributed by atoms with van der Waals surface area (Å²) >= 11 is 0. The standard InChI is InChI=1S/C36H36O20/c37-11-22-26(45)29(48)31(50)35(53-22)56-34-30(49)27(46)23(12-51-24(44)6-2-13-1-4-16(39)18(41)7-13)54-36(34)55-33-28(47)25-20(43)9-15(38)10-21(25)52-32(33)14-3-5-17(40)19(42)8-14/h1-10,22-23,26-27,29-31,34-43,45-46,48-50H,11-12H2/b6-2+/t22-,23+,26+,27+,29-,30-,31+,34+,35-,36-/m0/s1. The third-order valence-corrected chi connectivity index (χ3v) is 8.97. The molecule has 0 bridgehead atoms. The van der Waals surface area contributed by atoms with E-state index in [2.05, 4.69) is 0 Å². The Kier molecular flexibility index (Phi) is 11.6. The van der Waals surface area contributed by atoms with Crippen molar-refractivity contribution < 1.29 is 94.2 Å². The van der Waals surface area contributed by atoms with Gasteiger partial charge in [-0.1, -0.05) is 6.07 Å². The molecule has 3 aromatic carbocycles. The minimum absolute atomic E-state index is 0.126. The zero-order chi connectivity index (χ0) is 40.6. The molecular weight excluding hydrogens is 752 g/mol. The number of aliphatic hydroxyl groups excluding tert-OH is 6.